The molecule has 8 nitrogen and oxygen atoms in total. The molecule has 0 aromatic carbocycles. The van der Waals surface area contributed by atoms with E-state index >= 15 is 0 Å². The van der Waals surface area contributed by atoms with Gasteiger partial charge in [-0.15, -0.1) is 0 Å². The predicted molar refractivity (Wildman–Crippen MR) is 114 cm³/mol. The highest BCUT2D eigenvalue weighted by atomic mass is 79.9. The molecular weight excluding hydrogens is 452 g/mol. The number of aromatic nitrogens is 2. The van der Waals surface area contributed by atoms with E-state index in [0.717, 1.165) is 0 Å². The maximum Gasteiger partial charge on any atom is 0.259 e. The minimum absolute atomic E-state index is 0.106. The van der Waals surface area contributed by atoms with Crippen LogP contribution in [0, 0.1) is 5.92 Å². The largest absolute Gasteiger partial charge is 0.472 e. The number of nitrogens with zero attached hydrogens (tertiary/aromatic N) is 4. The third-order valence-corrected chi connectivity index (χ3v) is 5.63. The fraction of sp³-hybridized carbons (Fsp3) is 0.429. The molecule has 30 heavy (non-hydrogen) atoms. The molecule has 1 N–H and O–H groups in total. The highest BCUT2D eigenvalue weighted by molar-refractivity contribution is 9.10. The Kier molecular flexibility index (Phi) is 7.04. The number of hydrogen-bond acceptors (Lipinski definition) is 6. The molecule has 160 valence electrons. The first-order chi connectivity index (χ1) is 14.3. The van der Waals surface area contributed by atoms with Crippen molar-refractivity contribution in [2.75, 3.05) is 26.7 Å². The van der Waals surface area contributed by atoms with E-state index in [2.05, 4.69) is 25.9 Å². The van der Waals surface area contributed by atoms with Crippen molar-refractivity contribution in [3.63, 3.8) is 0 Å². The molecule has 0 unspecified atom stereocenters. The van der Waals surface area contributed by atoms with Crippen LogP contribution >= 0.6 is 15.9 Å². The van der Waals surface area contributed by atoms with Crippen LogP contribution in [-0.2, 0) is 0 Å². The van der Waals surface area contributed by atoms with Crippen LogP contribution in [-0.4, -0.2) is 75.6 Å². The Balaban J connectivity index is 1.90. The number of rotatable bonds is 5. The number of aliphatic hydroxyl groups is 1. The summed E-state index contributed by atoms with van der Waals surface area (Å²) >= 11 is 3.35. The molecular formula is C21H25BrN4O4. The van der Waals surface area contributed by atoms with Crippen LogP contribution in [0.25, 0.3) is 0 Å². The first kappa shape index (κ1) is 22.2. The van der Waals surface area contributed by atoms with Gasteiger partial charge in [0.25, 0.3) is 11.8 Å². The van der Waals surface area contributed by atoms with E-state index < -0.39 is 6.10 Å². The second-order valence-electron chi connectivity index (χ2n) is 7.56. The summed E-state index contributed by atoms with van der Waals surface area (Å²) in [6.07, 6.45) is 4.31. The van der Waals surface area contributed by atoms with Crippen molar-refractivity contribution in [2.45, 2.75) is 26.0 Å². The second kappa shape index (κ2) is 9.53. The third-order valence-electron chi connectivity index (χ3n) is 5.20. The van der Waals surface area contributed by atoms with E-state index in [0.29, 0.717) is 28.7 Å². The molecule has 0 aliphatic carbocycles. The van der Waals surface area contributed by atoms with E-state index in [4.69, 9.17) is 4.74 Å². The molecule has 3 atom stereocenters. The van der Waals surface area contributed by atoms with Crippen LogP contribution in [0.5, 0.6) is 5.88 Å². The molecule has 1 aliphatic rings. The van der Waals surface area contributed by atoms with Gasteiger partial charge in [-0.1, -0.05) is 6.92 Å². The van der Waals surface area contributed by atoms with Gasteiger partial charge >= 0.3 is 0 Å². The maximum absolute atomic E-state index is 13.1. The number of halogens is 1. The van der Waals surface area contributed by atoms with Crippen LogP contribution in [0.15, 0.2) is 41.3 Å². The average Bonchev–Trinajstić information content (AvgIpc) is 2.76. The van der Waals surface area contributed by atoms with Gasteiger partial charge in [0, 0.05) is 42.6 Å². The van der Waals surface area contributed by atoms with E-state index in [-0.39, 0.29) is 36.3 Å². The van der Waals surface area contributed by atoms with Crippen molar-refractivity contribution in [2.24, 2.45) is 5.92 Å². The smallest absolute Gasteiger partial charge is 0.259 e. The molecule has 0 spiro atoms. The van der Waals surface area contributed by atoms with Crippen molar-refractivity contribution in [1.29, 1.82) is 0 Å². The number of carbonyl (C=O) groups excluding carboxylic acids is 2. The number of hydrogen-bond donors (Lipinski definition) is 1. The van der Waals surface area contributed by atoms with Crippen molar-refractivity contribution < 1.29 is 19.4 Å². The molecule has 2 aromatic heterocycles. The molecule has 9 heteroatoms. The summed E-state index contributed by atoms with van der Waals surface area (Å²) < 4.78 is 6.80. The highest BCUT2D eigenvalue weighted by Crippen LogP contribution is 2.28. The van der Waals surface area contributed by atoms with Crippen molar-refractivity contribution >= 4 is 27.7 Å². The molecule has 0 radical (unpaired) electrons. The van der Waals surface area contributed by atoms with Gasteiger partial charge in [-0.2, -0.15) is 0 Å². The summed E-state index contributed by atoms with van der Waals surface area (Å²) in [5.41, 5.74) is 0.814. The summed E-state index contributed by atoms with van der Waals surface area (Å²) in [5, 5.41) is 9.66. The lowest BCUT2D eigenvalue weighted by atomic mass is 10.00. The van der Waals surface area contributed by atoms with Gasteiger partial charge in [0.1, 0.15) is 11.7 Å². The molecule has 3 rings (SSSR count). The maximum atomic E-state index is 13.1. The standard InChI is InChI=1S/C21H25BrN4O4/c1-13-10-26(14(2)12-27)21(29)17-7-16(22)9-24-19(17)30-18(13)11-25(3)20(28)15-5-4-6-23-8-15/h4-9,13-14,18,27H,10-12H2,1-3H3/t13-,14-,18-/m0/s1. The summed E-state index contributed by atoms with van der Waals surface area (Å²) in [6.45, 7) is 4.29. The Labute approximate surface area is 184 Å². The van der Waals surface area contributed by atoms with Gasteiger partial charge in [-0.3, -0.25) is 14.6 Å². The molecule has 0 saturated carbocycles. The van der Waals surface area contributed by atoms with E-state index in [1.165, 1.54) is 6.20 Å². The van der Waals surface area contributed by atoms with Crippen LogP contribution in [0.1, 0.15) is 34.6 Å². The second-order valence-corrected chi connectivity index (χ2v) is 8.47. The van der Waals surface area contributed by atoms with Gasteiger partial charge in [0.15, 0.2) is 0 Å². The van der Waals surface area contributed by atoms with E-state index in [9.17, 15) is 14.7 Å². The monoisotopic (exact) mass is 476 g/mol. The topological polar surface area (TPSA) is 95.9 Å². The molecule has 2 amide bonds. The number of amides is 2. The number of aliphatic hydroxyl groups excluding tert-OH is 1. The Hall–Kier alpha value is -2.52. The van der Waals surface area contributed by atoms with Crippen molar-refractivity contribution in [3.8, 4) is 5.88 Å². The van der Waals surface area contributed by atoms with Gasteiger partial charge in [-0.05, 0) is 41.1 Å². The molecule has 1 aliphatic heterocycles. The Morgan fingerprint density at radius 3 is 2.90 bits per heavy atom. The van der Waals surface area contributed by atoms with Gasteiger partial charge in [-0.25, -0.2) is 4.98 Å². The fourth-order valence-corrected chi connectivity index (χ4v) is 3.69. The minimum atomic E-state index is -0.399. The summed E-state index contributed by atoms with van der Waals surface area (Å²) in [6, 6.07) is 4.74. The zero-order valence-corrected chi connectivity index (χ0v) is 18.7. The Bertz CT molecular complexity index is 911. The SMILES string of the molecule is C[C@H]1CN([C@@H](C)CO)C(=O)c2cc(Br)cnc2O[C@H]1CN(C)C(=O)c1cccnc1. The number of carbonyl (C=O) groups is 2. The lowest BCUT2D eigenvalue weighted by Gasteiger charge is -2.37. The van der Waals surface area contributed by atoms with Gasteiger partial charge < -0.3 is 19.6 Å². The molecule has 2 aromatic rings. The number of likely N-dealkylation sites (N-methyl/N-ethyl adjacent to an activating group) is 1. The quantitative estimate of drug-likeness (QED) is 0.710. The fourth-order valence-electron chi connectivity index (χ4n) is 3.36. The Morgan fingerprint density at radius 1 is 1.47 bits per heavy atom. The molecule has 0 fully saturated rings. The summed E-state index contributed by atoms with van der Waals surface area (Å²) in [7, 11) is 1.71. The lowest BCUT2D eigenvalue weighted by Crippen LogP contribution is -2.50. The van der Waals surface area contributed by atoms with Crippen LogP contribution in [0.2, 0.25) is 0 Å². The number of pyridine rings is 2. The van der Waals surface area contributed by atoms with E-state index in [1.54, 1.807) is 54.4 Å². The number of fused-ring (bicyclic) bond motifs is 1. The highest BCUT2D eigenvalue weighted by Gasteiger charge is 2.34. The lowest BCUT2D eigenvalue weighted by molar-refractivity contribution is 0.0313. The molecule has 0 saturated heterocycles. The Morgan fingerprint density at radius 2 is 2.23 bits per heavy atom. The average molecular weight is 477 g/mol. The minimum Gasteiger partial charge on any atom is -0.472 e. The van der Waals surface area contributed by atoms with Crippen molar-refractivity contribution in [1.82, 2.24) is 19.8 Å². The van der Waals surface area contributed by atoms with E-state index in [1.807, 2.05) is 6.92 Å². The molecule has 3 heterocycles. The van der Waals surface area contributed by atoms with Gasteiger partial charge in [0.05, 0.1) is 24.8 Å². The first-order valence-electron chi connectivity index (χ1n) is 9.71. The summed E-state index contributed by atoms with van der Waals surface area (Å²) in [4.78, 5) is 37.4. The zero-order chi connectivity index (χ0) is 21.8. The normalized spacial score (nSPS) is 19.9. The van der Waals surface area contributed by atoms with Crippen LogP contribution in [0.4, 0.5) is 0 Å². The summed E-state index contributed by atoms with van der Waals surface area (Å²) in [5.74, 6) is -0.296. The number of ether oxygens (including phenoxy) is 1. The van der Waals surface area contributed by atoms with Crippen LogP contribution < -0.4 is 4.74 Å². The predicted octanol–water partition coefficient (Wildman–Crippen LogP) is 2.23. The zero-order valence-electron chi connectivity index (χ0n) is 17.2. The third kappa shape index (κ3) is 4.79. The van der Waals surface area contributed by atoms with Crippen LogP contribution in [0.3, 0.4) is 0 Å². The molecule has 0 bridgehead atoms. The first-order valence-corrected chi connectivity index (χ1v) is 10.5. The van der Waals surface area contributed by atoms with Gasteiger partial charge in [0.2, 0.25) is 5.88 Å². The van der Waals surface area contributed by atoms with Crippen molar-refractivity contribution in [3.05, 3.63) is 52.4 Å².